The molecule has 0 aliphatic heterocycles. The van der Waals surface area contributed by atoms with Gasteiger partial charge < -0.3 is 10.1 Å². The van der Waals surface area contributed by atoms with Crippen LogP contribution in [0.2, 0.25) is 0 Å². The van der Waals surface area contributed by atoms with Gasteiger partial charge in [0.2, 0.25) is 0 Å². The summed E-state index contributed by atoms with van der Waals surface area (Å²) in [7, 11) is 0. The quantitative estimate of drug-likeness (QED) is 0.675. The normalized spacial score (nSPS) is 16.4. The summed E-state index contributed by atoms with van der Waals surface area (Å²) < 4.78 is 39.5. The first kappa shape index (κ1) is 14.7. The van der Waals surface area contributed by atoms with Gasteiger partial charge in [-0.25, -0.2) is 0 Å². The molecule has 0 radical (unpaired) electrons. The lowest BCUT2D eigenvalue weighted by Gasteiger charge is -2.19. The van der Waals surface area contributed by atoms with Gasteiger partial charge in [0.15, 0.2) is 0 Å². The second-order valence-electron chi connectivity index (χ2n) is 3.80. The molecule has 2 nitrogen and oxygen atoms in total. The van der Waals surface area contributed by atoms with Crippen molar-refractivity contribution in [1.82, 2.24) is 5.32 Å². The lowest BCUT2D eigenvalue weighted by molar-refractivity contribution is -0.173. The van der Waals surface area contributed by atoms with E-state index in [4.69, 9.17) is 0 Å². The molecule has 0 fully saturated rings. The zero-order valence-electron chi connectivity index (χ0n) is 9.53. The van der Waals surface area contributed by atoms with E-state index in [1.807, 2.05) is 6.92 Å². The molecule has 0 aliphatic carbocycles. The zero-order chi connectivity index (χ0) is 11.9. The van der Waals surface area contributed by atoms with Gasteiger partial charge in [0.25, 0.3) is 0 Å². The molecule has 92 valence electrons. The van der Waals surface area contributed by atoms with Crippen molar-refractivity contribution in [2.75, 3.05) is 19.8 Å². The standard InChI is InChI=1S/C10H20F3NO/c1-4-8(2)9(3)14-5-6-15-7-10(11,12)13/h8-9,14H,4-7H2,1-3H3. The molecule has 0 spiro atoms. The molecular weight excluding hydrogens is 207 g/mol. The third kappa shape index (κ3) is 8.69. The zero-order valence-corrected chi connectivity index (χ0v) is 9.53. The molecule has 0 aliphatic rings. The molecule has 0 aromatic heterocycles. The Labute approximate surface area is 89.2 Å². The van der Waals surface area contributed by atoms with Crippen LogP contribution in [0.3, 0.4) is 0 Å². The average Bonchev–Trinajstić information content (AvgIpc) is 2.14. The molecule has 2 unspecified atom stereocenters. The Bertz CT molecular complexity index is 161. The van der Waals surface area contributed by atoms with Gasteiger partial charge in [0.1, 0.15) is 6.61 Å². The van der Waals surface area contributed by atoms with Gasteiger partial charge in [-0.15, -0.1) is 0 Å². The fourth-order valence-electron chi connectivity index (χ4n) is 1.10. The highest BCUT2D eigenvalue weighted by molar-refractivity contribution is 4.66. The smallest absolute Gasteiger partial charge is 0.371 e. The molecule has 5 heteroatoms. The first-order valence-corrected chi connectivity index (χ1v) is 5.24. The van der Waals surface area contributed by atoms with Crippen molar-refractivity contribution >= 4 is 0 Å². The Hall–Kier alpha value is -0.290. The van der Waals surface area contributed by atoms with Gasteiger partial charge >= 0.3 is 6.18 Å². The van der Waals surface area contributed by atoms with Crippen molar-refractivity contribution in [3.05, 3.63) is 0 Å². The van der Waals surface area contributed by atoms with E-state index in [2.05, 4.69) is 23.9 Å². The van der Waals surface area contributed by atoms with Crippen LogP contribution in [-0.4, -0.2) is 32.0 Å². The summed E-state index contributed by atoms with van der Waals surface area (Å²) in [4.78, 5) is 0. The average molecular weight is 227 g/mol. The van der Waals surface area contributed by atoms with Crippen LogP contribution in [0.25, 0.3) is 0 Å². The van der Waals surface area contributed by atoms with Crippen LogP contribution < -0.4 is 5.32 Å². The fraction of sp³-hybridized carbons (Fsp3) is 1.00. The predicted octanol–water partition coefficient (Wildman–Crippen LogP) is 2.59. The van der Waals surface area contributed by atoms with Gasteiger partial charge in [-0.2, -0.15) is 13.2 Å². The summed E-state index contributed by atoms with van der Waals surface area (Å²) in [5.41, 5.74) is 0. The predicted molar refractivity (Wildman–Crippen MR) is 53.8 cm³/mol. The van der Waals surface area contributed by atoms with Gasteiger partial charge in [0.05, 0.1) is 6.61 Å². The van der Waals surface area contributed by atoms with Crippen LogP contribution in [-0.2, 0) is 4.74 Å². The lowest BCUT2D eigenvalue weighted by Crippen LogP contribution is -2.34. The molecule has 0 bridgehead atoms. The molecule has 0 rings (SSSR count). The van der Waals surface area contributed by atoms with Crippen LogP contribution in [0.5, 0.6) is 0 Å². The first-order chi connectivity index (χ1) is 6.87. The van der Waals surface area contributed by atoms with Crippen LogP contribution in [0.15, 0.2) is 0 Å². The molecule has 0 aromatic carbocycles. The van der Waals surface area contributed by atoms with Crippen molar-refractivity contribution in [3.8, 4) is 0 Å². The van der Waals surface area contributed by atoms with Crippen molar-refractivity contribution in [2.45, 2.75) is 39.4 Å². The molecule has 1 N–H and O–H groups in total. The minimum Gasteiger partial charge on any atom is -0.371 e. The van der Waals surface area contributed by atoms with Crippen molar-refractivity contribution < 1.29 is 17.9 Å². The van der Waals surface area contributed by atoms with E-state index in [1.165, 1.54) is 0 Å². The minimum absolute atomic E-state index is 0.0975. The number of rotatable bonds is 7. The highest BCUT2D eigenvalue weighted by Gasteiger charge is 2.27. The topological polar surface area (TPSA) is 21.3 Å². The SMILES string of the molecule is CCC(C)C(C)NCCOCC(F)(F)F. The number of alkyl halides is 3. The van der Waals surface area contributed by atoms with E-state index >= 15 is 0 Å². The van der Waals surface area contributed by atoms with Crippen LogP contribution >= 0.6 is 0 Å². The summed E-state index contributed by atoms with van der Waals surface area (Å²) in [5.74, 6) is 0.521. The Morgan fingerprint density at radius 3 is 2.33 bits per heavy atom. The summed E-state index contributed by atoms with van der Waals surface area (Å²) >= 11 is 0. The Kier molecular flexibility index (Phi) is 6.92. The molecule has 0 aromatic rings. The summed E-state index contributed by atoms with van der Waals surface area (Å²) in [6.45, 7) is 5.61. The molecule has 0 saturated carbocycles. The first-order valence-electron chi connectivity index (χ1n) is 5.24. The largest absolute Gasteiger partial charge is 0.411 e. The Morgan fingerprint density at radius 1 is 1.27 bits per heavy atom. The van der Waals surface area contributed by atoms with E-state index in [0.29, 0.717) is 18.5 Å². The maximum atomic E-state index is 11.7. The van der Waals surface area contributed by atoms with Crippen LogP contribution in [0, 0.1) is 5.92 Å². The highest BCUT2D eigenvalue weighted by Crippen LogP contribution is 2.14. The van der Waals surface area contributed by atoms with Crippen molar-refractivity contribution in [2.24, 2.45) is 5.92 Å². The molecule has 15 heavy (non-hydrogen) atoms. The number of hydrogen-bond donors (Lipinski definition) is 1. The molecule has 0 heterocycles. The maximum Gasteiger partial charge on any atom is 0.411 e. The highest BCUT2D eigenvalue weighted by atomic mass is 19.4. The van der Waals surface area contributed by atoms with E-state index in [1.54, 1.807) is 0 Å². The van der Waals surface area contributed by atoms with E-state index in [9.17, 15) is 13.2 Å². The maximum absolute atomic E-state index is 11.7. The Balaban J connectivity index is 3.39. The molecule has 0 amide bonds. The van der Waals surface area contributed by atoms with E-state index < -0.39 is 12.8 Å². The van der Waals surface area contributed by atoms with Crippen molar-refractivity contribution in [3.63, 3.8) is 0 Å². The molecule has 0 saturated heterocycles. The van der Waals surface area contributed by atoms with Gasteiger partial charge in [0, 0.05) is 12.6 Å². The van der Waals surface area contributed by atoms with Crippen molar-refractivity contribution in [1.29, 1.82) is 0 Å². The third-order valence-corrected chi connectivity index (χ3v) is 2.48. The van der Waals surface area contributed by atoms with Crippen LogP contribution in [0.1, 0.15) is 27.2 Å². The lowest BCUT2D eigenvalue weighted by atomic mass is 10.0. The summed E-state index contributed by atoms with van der Waals surface area (Å²) in [6, 6.07) is 0.310. The molecular formula is C10H20F3NO. The van der Waals surface area contributed by atoms with Crippen LogP contribution in [0.4, 0.5) is 13.2 Å². The number of nitrogens with one attached hydrogen (secondary N) is 1. The van der Waals surface area contributed by atoms with E-state index in [0.717, 1.165) is 6.42 Å². The second kappa shape index (κ2) is 7.06. The third-order valence-electron chi connectivity index (χ3n) is 2.48. The van der Waals surface area contributed by atoms with Gasteiger partial charge in [-0.1, -0.05) is 20.3 Å². The number of halogens is 3. The minimum atomic E-state index is -4.22. The molecule has 2 atom stereocenters. The Morgan fingerprint density at radius 2 is 1.87 bits per heavy atom. The second-order valence-corrected chi connectivity index (χ2v) is 3.80. The number of ether oxygens (including phenoxy) is 1. The monoisotopic (exact) mass is 227 g/mol. The summed E-state index contributed by atoms with van der Waals surface area (Å²) in [5, 5.41) is 3.13. The van der Waals surface area contributed by atoms with Gasteiger partial charge in [-0.05, 0) is 12.8 Å². The van der Waals surface area contributed by atoms with E-state index in [-0.39, 0.29) is 6.61 Å². The summed E-state index contributed by atoms with van der Waals surface area (Å²) in [6.07, 6.45) is -3.17. The van der Waals surface area contributed by atoms with Gasteiger partial charge in [-0.3, -0.25) is 0 Å². The number of hydrogen-bond acceptors (Lipinski definition) is 2. The fourth-order valence-corrected chi connectivity index (χ4v) is 1.10.